The molecule has 3 aromatic heterocycles. The number of hydrogen-bond acceptors (Lipinski definition) is 6. The van der Waals surface area contributed by atoms with Crippen molar-refractivity contribution in [2.75, 3.05) is 7.11 Å². The third-order valence-electron chi connectivity index (χ3n) is 4.66. The highest BCUT2D eigenvalue weighted by atomic mass is 35.5. The van der Waals surface area contributed by atoms with Gasteiger partial charge < -0.3 is 9.30 Å². The molecule has 0 saturated carbocycles. The van der Waals surface area contributed by atoms with Crippen molar-refractivity contribution in [3.8, 4) is 28.9 Å². The van der Waals surface area contributed by atoms with Gasteiger partial charge in [-0.05, 0) is 37.0 Å². The van der Waals surface area contributed by atoms with E-state index in [1.807, 2.05) is 34.3 Å². The van der Waals surface area contributed by atoms with Crippen LogP contribution in [-0.2, 0) is 17.9 Å². The number of nitrogens with zero attached hydrogens (tertiary/aromatic N) is 6. The Bertz CT molecular complexity index is 1290. The van der Waals surface area contributed by atoms with Crippen LogP contribution in [0.15, 0.2) is 30.7 Å². The van der Waals surface area contributed by atoms with Crippen LogP contribution >= 0.6 is 22.9 Å². The van der Waals surface area contributed by atoms with E-state index in [1.165, 1.54) is 0 Å². The maximum Gasteiger partial charge on any atom is 0.166 e. The fourth-order valence-electron chi connectivity index (χ4n) is 3.36. The molecule has 9 heteroatoms. The molecule has 0 spiro atoms. The van der Waals surface area contributed by atoms with Crippen LogP contribution in [0.2, 0.25) is 5.02 Å². The standard InChI is InChI=1S/C20H15ClN6OS/c1-12-22-8-14(29-12)4-5-16-18-9-26-19(10-28-2)24-25-20(26)15-7-13(21)3-6-17(15)27(18)11-23-16/h3,6-8,11H,9-10H2,1-2H3. The first-order valence-corrected chi connectivity index (χ1v) is 10.1. The second kappa shape index (κ2) is 7.12. The number of rotatable bonds is 2. The number of halogens is 1. The molecule has 29 heavy (non-hydrogen) atoms. The van der Waals surface area contributed by atoms with E-state index < -0.39 is 0 Å². The maximum absolute atomic E-state index is 6.28. The molecule has 7 nitrogen and oxygen atoms in total. The Labute approximate surface area is 176 Å². The quantitative estimate of drug-likeness (QED) is 0.407. The van der Waals surface area contributed by atoms with Crippen LogP contribution < -0.4 is 0 Å². The third kappa shape index (κ3) is 3.13. The van der Waals surface area contributed by atoms with Crippen LogP contribution in [-0.4, -0.2) is 36.4 Å². The van der Waals surface area contributed by atoms with Gasteiger partial charge in [-0.25, -0.2) is 9.97 Å². The van der Waals surface area contributed by atoms with E-state index in [0.717, 1.165) is 38.5 Å². The molecule has 1 aliphatic heterocycles. The molecule has 5 rings (SSSR count). The minimum atomic E-state index is 0.359. The molecular weight excluding hydrogens is 408 g/mol. The number of thiazole rings is 1. The summed E-state index contributed by atoms with van der Waals surface area (Å²) in [6.07, 6.45) is 3.58. The van der Waals surface area contributed by atoms with Gasteiger partial charge in [-0.15, -0.1) is 21.5 Å². The molecule has 0 N–H and O–H groups in total. The number of aromatic nitrogens is 6. The average molecular weight is 423 g/mol. The fourth-order valence-corrected chi connectivity index (χ4v) is 4.16. The predicted octanol–water partition coefficient (Wildman–Crippen LogP) is 3.46. The first kappa shape index (κ1) is 18.1. The summed E-state index contributed by atoms with van der Waals surface area (Å²) in [5.74, 6) is 7.86. The lowest BCUT2D eigenvalue weighted by atomic mass is 10.1. The van der Waals surface area contributed by atoms with Gasteiger partial charge in [0.2, 0.25) is 0 Å². The van der Waals surface area contributed by atoms with E-state index in [0.29, 0.717) is 23.9 Å². The van der Waals surface area contributed by atoms with Crippen molar-refractivity contribution in [2.24, 2.45) is 0 Å². The van der Waals surface area contributed by atoms with E-state index >= 15 is 0 Å². The van der Waals surface area contributed by atoms with Gasteiger partial charge in [0.05, 0.1) is 34.0 Å². The summed E-state index contributed by atoms with van der Waals surface area (Å²) in [5.41, 5.74) is 3.50. The van der Waals surface area contributed by atoms with Gasteiger partial charge in [-0.3, -0.25) is 4.57 Å². The number of aryl methyl sites for hydroxylation is 1. The van der Waals surface area contributed by atoms with E-state index in [1.54, 1.807) is 31.0 Å². The van der Waals surface area contributed by atoms with Crippen LogP contribution in [0.4, 0.5) is 0 Å². The van der Waals surface area contributed by atoms with Gasteiger partial charge >= 0.3 is 0 Å². The number of methoxy groups -OCH3 is 1. The van der Waals surface area contributed by atoms with Crippen molar-refractivity contribution in [3.05, 3.63) is 62.8 Å². The molecule has 0 aliphatic carbocycles. The van der Waals surface area contributed by atoms with Gasteiger partial charge in [0.1, 0.15) is 18.6 Å². The van der Waals surface area contributed by atoms with Crippen LogP contribution in [0, 0.1) is 18.8 Å². The van der Waals surface area contributed by atoms with Crippen molar-refractivity contribution in [3.63, 3.8) is 0 Å². The summed E-state index contributed by atoms with van der Waals surface area (Å²) in [6.45, 7) is 2.85. The molecule has 0 bridgehead atoms. The smallest absolute Gasteiger partial charge is 0.166 e. The Kier molecular flexibility index (Phi) is 4.43. The number of ether oxygens (including phenoxy) is 1. The maximum atomic E-state index is 6.28. The minimum Gasteiger partial charge on any atom is -0.377 e. The monoisotopic (exact) mass is 422 g/mol. The first-order valence-electron chi connectivity index (χ1n) is 8.86. The fraction of sp³-hybridized carbons (Fsp3) is 0.200. The molecular formula is C20H15ClN6OS. The van der Waals surface area contributed by atoms with E-state index in [9.17, 15) is 0 Å². The Morgan fingerprint density at radius 1 is 1.24 bits per heavy atom. The summed E-state index contributed by atoms with van der Waals surface area (Å²) in [5, 5.41) is 10.3. The van der Waals surface area contributed by atoms with Crippen molar-refractivity contribution in [1.82, 2.24) is 29.3 Å². The molecule has 1 aromatic carbocycles. The zero-order valence-electron chi connectivity index (χ0n) is 15.7. The summed E-state index contributed by atoms with van der Waals surface area (Å²) in [6, 6.07) is 5.72. The van der Waals surface area contributed by atoms with Crippen LogP contribution in [0.3, 0.4) is 0 Å². The molecule has 0 amide bonds. The summed E-state index contributed by atoms with van der Waals surface area (Å²) < 4.78 is 9.38. The summed E-state index contributed by atoms with van der Waals surface area (Å²) in [4.78, 5) is 9.74. The highest BCUT2D eigenvalue weighted by Crippen LogP contribution is 2.34. The van der Waals surface area contributed by atoms with Gasteiger partial charge in [0.15, 0.2) is 11.6 Å². The highest BCUT2D eigenvalue weighted by molar-refractivity contribution is 7.12. The third-order valence-corrected chi connectivity index (χ3v) is 5.72. The molecule has 0 atom stereocenters. The number of hydrogen-bond donors (Lipinski definition) is 0. The van der Waals surface area contributed by atoms with E-state index in [4.69, 9.17) is 16.3 Å². The van der Waals surface area contributed by atoms with Gasteiger partial charge in [-0.2, -0.15) is 0 Å². The minimum absolute atomic E-state index is 0.359. The Balaban J connectivity index is 1.69. The highest BCUT2D eigenvalue weighted by Gasteiger charge is 2.25. The van der Waals surface area contributed by atoms with Crippen LogP contribution in [0.1, 0.15) is 27.1 Å². The van der Waals surface area contributed by atoms with Gasteiger partial charge in [0, 0.05) is 17.7 Å². The number of imidazole rings is 1. The average Bonchev–Trinajstić information content (AvgIpc) is 3.39. The topological polar surface area (TPSA) is 70.7 Å². The largest absolute Gasteiger partial charge is 0.377 e. The first-order chi connectivity index (χ1) is 14.1. The molecule has 4 aromatic rings. The predicted molar refractivity (Wildman–Crippen MR) is 110 cm³/mol. The van der Waals surface area contributed by atoms with E-state index in [2.05, 4.69) is 32.0 Å². The molecule has 0 radical (unpaired) electrons. The zero-order valence-corrected chi connectivity index (χ0v) is 17.3. The Morgan fingerprint density at radius 3 is 2.93 bits per heavy atom. The zero-order chi connectivity index (χ0) is 20.0. The van der Waals surface area contributed by atoms with Crippen molar-refractivity contribution in [2.45, 2.75) is 20.1 Å². The lowest BCUT2D eigenvalue weighted by Gasteiger charge is -2.08. The second-order valence-electron chi connectivity index (χ2n) is 6.52. The molecule has 0 fully saturated rings. The van der Waals surface area contributed by atoms with Gasteiger partial charge in [0.25, 0.3) is 0 Å². The summed E-state index contributed by atoms with van der Waals surface area (Å²) >= 11 is 7.85. The van der Waals surface area contributed by atoms with Crippen LogP contribution in [0.25, 0.3) is 17.1 Å². The van der Waals surface area contributed by atoms with Gasteiger partial charge in [-0.1, -0.05) is 11.6 Å². The van der Waals surface area contributed by atoms with E-state index in [-0.39, 0.29) is 0 Å². The normalized spacial score (nSPS) is 11.8. The second-order valence-corrected chi connectivity index (χ2v) is 8.20. The number of fused-ring (bicyclic) bond motifs is 5. The summed E-state index contributed by atoms with van der Waals surface area (Å²) in [7, 11) is 1.64. The molecule has 1 aliphatic rings. The SMILES string of the molecule is COCc1nnc2n1Cc1c(C#Cc3cnc(C)s3)ncn1-c1ccc(Cl)cc1-2. The van der Waals surface area contributed by atoms with Crippen LogP contribution in [0.5, 0.6) is 0 Å². The Hall–Kier alpha value is -2.99. The Morgan fingerprint density at radius 2 is 2.14 bits per heavy atom. The van der Waals surface area contributed by atoms with Crippen molar-refractivity contribution >= 4 is 22.9 Å². The molecule has 0 saturated heterocycles. The van der Waals surface area contributed by atoms with Crippen molar-refractivity contribution in [1.29, 1.82) is 0 Å². The molecule has 144 valence electrons. The van der Waals surface area contributed by atoms with Crippen molar-refractivity contribution < 1.29 is 4.74 Å². The lowest BCUT2D eigenvalue weighted by molar-refractivity contribution is 0.174. The molecule has 4 heterocycles. The molecule has 0 unspecified atom stereocenters. The lowest BCUT2D eigenvalue weighted by Crippen LogP contribution is -2.09. The number of benzene rings is 1.